The van der Waals surface area contributed by atoms with Gasteiger partial charge < -0.3 is 10.1 Å². The molecule has 0 fully saturated rings. The van der Waals surface area contributed by atoms with Crippen LogP contribution >= 0.6 is 0 Å². The molecule has 0 aliphatic heterocycles. The second-order valence-corrected chi connectivity index (χ2v) is 6.75. The Morgan fingerprint density at radius 3 is 2.82 bits per heavy atom. The lowest BCUT2D eigenvalue weighted by atomic mass is 10.1. The summed E-state index contributed by atoms with van der Waals surface area (Å²) in [6.07, 6.45) is 7.90. The minimum atomic E-state index is -0.422. The number of ether oxygens (including phenoxy) is 1. The van der Waals surface area contributed by atoms with Crippen molar-refractivity contribution in [2.45, 2.75) is 52.0 Å². The van der Waals surface area contributed by atoms with E-state index in [4.69, 9.17) is 4.74 Å². The zero-order chi connectivity index (χ0) is 20.4. The van der Waals surface area contributed by atoms with E-state index in [1.54, 1.807) is 36.0 Å². The summed E-state index contributed by atoms with van der Waals surface area (Å²) in [5, 5.41) is 7.01. The van der Waals surface area contributed by atoms with Crippen LogP contribution in [0.1, 0.15) is 60.8 Å². The fourth-order valence-electron chi connectivity index (χ4n) is 2.91. The normalized spacial score (nSPS) is 10.7. The number of benzene rings is 1. The van der Waals surface area contributed by atoms with Gasteiger partial charge in [0.2, 0.25) is 0 Å². The molecule has 1 N–H and O–H groups in total. The number of unbranched alkanes of at least 4 members (excludes halogenated alkanes) is 4. The maximum atomic E-state index is 14.6. The van der Waals surface area contributed by atoms with Gasteiger partial charge in [0.25, 0.3) is 5.91 Å². The summed E-state index contributed by atoms with van der Waals surface area (Å²) in [6.45, 7) is 6.26. The summed E-state index contributed by atoms with van der Waals surface area (Å²) in [7, 11) is 1.72. The highest BCUT2D eigenvalue weighted by molar-refractivity contribution is 5.92. The number of carbonyl (C=O) groups excluding carboxylic acids is 1. The molecule has 0 saturated heterocycles. The molecular formula is C22H30FN3O2. The first-order valence-corrected chi connectivity index (χ1v) is 9.89. The van der Waals surface area contributed by atoms with Crippen molar-refractivity contribution in [2.75, 3.05) is 6.61 Å². The van der Waals surface area contributed by atoms with Gasteiger partial charge in [0, 0.05) is 19.2 Å². The van der Waals surface area contributed by atoms with Crippen molar-refractivity contribution in [2.24, 2.45) is 7.05 Å². The van der Waals surface area contributed by atoms with Crippen LogP contribution in [-0.2, 0) is 20.0 Å². The summed E-state index contributed by atoms with van der Waals surface area (Å²) in [4.78, 5) is 12.4. The first-order valence-electron chi connectivity index (χ1n) is 9.89. The molecule has 1 aromatic heterocycles. The third-order valence-electron chi connectivity index (χ3n) is 4.57. The van der Waals surface area contributed by atoms with Crippen LogP contribution in [0.4, 0.5) is 4.39 Å². The van der Waals surface area contributed by atoms with Gasteiger partial charge in [-0.2, -0.15) is 5.10 Å². The average molecular weight is 387 g/mol. The highest BCUT2D eigenvalue weighted by atomic mass is 19.1. The van der Waals surface area contributed by atoms with Crippen LogP contribution < -0.4 is 10.1 Å². The van der Waals surface area contributed by atoms with E-state index in [0.717, 1.165) is 44.2 Å². The van der Waals surface area contributed by atoms with E-state index in [-0.39, 0.29) is 18.2 Å². The molecule has 1 aromatic carbocycles. The van der Waals surface area contributed by atoms with Crippen molar-refractivity contribution < 1.29 is 13.9 Å². The molecule has 2 aromatic rings. The minimum Gasteiger partial charge on any atom is -0.491 e. The summed E-state index contributed by atoms with van der Waals surface area (Å²) >= 11 is 0. The molecule has 0 unspecified atom stereocenters. The molecule has 2 rings (SSSR count). The van der Waals surface area contributed by atoms with Crippen molar-refractivity contribution >= 4 is 5.91 Å². The van der Waals surface area contributed by atoms with Gasteiger partial charge in [-0.25, -0.2) is 4.39 Å². The second kappa shape index (κ2) is 11.3. The van der Waals surface area contributed by atoms with Gasteiger partial charge in [0.05, 0.1) is 12.3 Å². The van der Waals surface area contributed by atoms with Gasteiger partial charge in [-0.3, -0.25) is 9.48 Å². The molecule has 0 aliphatic carbocycles. The third kappa shape index (κ3) is 6.22. The highest BCUT2D eigenvalue weighted by Crippen LogP contribution is 2.21. The maximum absolute atomic E-state index is 14.6. The molecule has 5 nitrogen and oxygen atoms in total. The molecule has 1 heterocycles. The third-order valence-corrected chi connectivity index (χ3v) is 4.57. The van der Waals surface area contributed by atoms with E-state index in [1.807, 2.05) is 13.0 Å². The SMILES string of the molecule is C=CCCCCCCOc1cccc(CNC(=O)c2cc(CC)nn2C)c1F. The average Bonchev–Trinajstić information content (AvgIpc) is 3.08. The number of hydrogen-bond donors (Lipinski definition) is 1. The van der Waals surface area contributed by atoms with E-state index >= 15 is 0 Å². The Balaban J connectivity index is 1.85. The van der Waals surface area contributed by atoms with Gasteiger partial charge in [0.15, 0.2) is 11.6 Å². The van der Waals surface area contributed by atoms with Crippen LogP contribution in [0.5, 0.6) is 5.75 Å². The Kier molecular flexibility index (Phi) is 8.72. The number of halogens is 1. The second-order valence-electron chi connectivity index (χ2n) is 6.75. The quantitative estimate of drug-likeness (QED) is 0.429. The molecule has 0 radical (unpaired) electrons. The molecule has 28 heavy (non-hydrogen) atoms. The first kappa shape index (κ1) is 21.7. The van der Waals surface area contributed by atoms with Crippen LogP contribution in [0.2, 0.25) is 0 Å². The van der Waals surface area contributed by atoms with E-state index < -0.39 is 5.82 Å². The lowest BCUT2D eigenvalue weighted by Gasteiger charge is -2.11. The summed E-state index contributed by atoms with van der Waals surface area (Å²) in [6, 6.07) is 6.76. The molecular weight excluding hydrogens is 357 g/mol. The number of aromatic nitrogens is 2. The number of aryl methyl sites for hydroxylation is 2. The molecule has 0 aliphatic rings. The summed E-state index contributed by atoms with van der Waals surface area (Å²) in [5.74, 6) is -0.472. The van der Waals surface area contributed by atoms with Gasteiger partial charge in [-0.05, 0) is 37.8 Å². The zero-order valence-electron chi connectivity index (χ0n) is 16.8. The smallest absolute Gasteiger partial charge is 0.269 e. The van der Waals surface area contributed by atoms with Crippen LogP contribution in [0.25, 0.3) is 0 Å². The molecule has 0 atom stereocenters. The standard InChI is InChI=1S/C22H30FN3O2/c1-4-6-7-8-9-10-14-28-20-13-11-12-17(21(20)23)16-24-22(27)19-15-18(5-2)25-26(19)3/h4,11-13,15H,1,5-10,14,16H2,2-3H3,(H,24,27). The predicted octanol–water partition coefficient (Wildman–Crippen LogP) is 4.57. The van der Waals surface area contributed by atoms with Crippen molar-refractivity contribution in [1.82, 2.24) is 15.1 Å². The largest absolute Gasteiger partial charge is 0.491 e. The number of hydrogen-bond acceptors (Lipinski definition) is 3. The molecule has 0 spiro atoms. The molecule has 6 heteroatoms. The monoisotopic (exact) mass is 387 g/mol. The van der Waals surface area contributed by atoms with Crippen molar-refractivity contribution in [1.29, 1.82) is 0 Å². The van der Waals surface area contributed by atoms with Crippen LogP contribution in [-0.4, -0.2) is 22.3 Å². The van der Waals surface area contributed by atoms with Gasteiger partial charge in [-0.15, -0.1) is 6.58 Å². The Morgan fingerprint density at radius 1 is 1.32 bits per heavy atom. The Labute approximate surface area is 166 Å². The highest BCUT2D eigenvalue weighted by Gasteiger charge is 2.14. The van der Waals surface area contributed by atoms with Crippen LogP contribution in [0.3, 0.4) is 0 Å². The van der Waals surface area contributed by atoms with Crippen LogP contribution in [0, 0.1) is 5.82 Å². The summed E-state index contributed by atoms with van der Waals surface area (Å²) in [5.41, 5.74) is 1.70. The number of nitrogens with one attached hydrogen (secondary N) is 1. The van der Waals surface area contributed by atoms with E-state index in [1.165, 1.54) is 0 Å². The number of rotatable bonds is 12. The molecule has 152 valence electrons. The fraction of sp³-hybridized carbons (Fsp3) is 0.455. The van der Waals surface area contributed by atoms with E-state index in [0.29, 0.717) is 17.9 Å². The predicted molar refractivity (Wildman–Crippen MR) is 109 cm³/mol. The minimum absolute atomic E-state index is 0.0933. The van der Waals surface area contributed by atoms with Gasteiger partial charge in [-0.1, -0.05) is 38.0 Å². The number of nitrogens with zero attached hydrogens (tertiary/aromatic N) is 2. The zero-order valence-corrected chi connectivity index (χ0v) is 16.8. The maximum Gasteiger partial charge on any atom is 0.269 e. The van der Waals surface area contributed by atoms with Gasteiger partial charge in [0.1, 0.15) is 5.69 Å². The molecule has 1 amide bonds. The Bertz CT molecular complexity index is 786. The Hall–Kier alpha value is -2.63. The van der Waals surface area contributed by atoms with E-state index in [2.05, 4.69) is 17.0 Å². The van der Waals surface area contributed by atoms with E-state index in [9.17, 15) is 9.18 Å². The topological polar surface area (TPSA) is 56.1 Å². The first-order chi connectivity index (χ1) is 13.6. The van der Waals surface area contributed by atoms with Crippen molar-refractivity contribution in [3.05, 3.63) is 59.7 Å². The lowest BCUT2D eigenvalue weighted by molar-refractivity contribution is 0.0941. The van der Waals surface area contributed by atoms with Crippen molar-refractivity contribution in [3.63, 3.8) is 0 Å². The van der Waals surface area contributed by atoms with Gasteiger partial charge >= 0.3 is 0 Å². The summed E-state index contributed by atoms with van der Waals surface area (Å²) < 4.78 is 21.8. The molecule has 0 saturated carbocycles. The number of allylic oxidation sites excluding steroid dienone is 1. The molecule has 0 bridgehead atoms. The van der Waals surface area contributed by atoms with Crippen molar-refractivity contribution in [3.8, 4) is 5.75 Å². The Morgan fingerprint density at radius 2 is 2.11 bits per heavy atom. The lowest BCUT2D eigenvalue weighted by Crippen LogP contribution is -2.25. The number of amides is 1. The number of carbonyl (C=O) groups is 1. The van der Waals surface area contributed by atoms with Crippen LogP contribution in [0.15, 0.2) is 36.9 Å². The fourth-order valence-corrected chi connectivity index (χ4v) is 2.91.